The van der Waals surface area contributed by atoms with Crippen molar-refractivity contribution in [1.82, 2.24) is 15.1 Å². The number of amides is 2. The van der Waals surface area contributed by atoms with Gasteiger partial charge in [-0.05, 0) is 12.8 Å². The number of hydrogen-bond acceptors (Lipinski definition) is 4. The molecule has 108 valence electrons. The fourth-order valence-electron chi connectivity index (χ4n) is 2.86. The fourth-order valence-corrected chi connectivity index (χ4v) is 2.86. The zero-order chi connectivity index (χ0) is 13.7. The number of esters is 1. The Balaban J connectivity index is 1.85. The molecule has 19 heavy (non-hydrogen) atoms. The van der Waals surface area contributed by atoms with E-state index in [9.17, 15) is 9.59 Å². The Morgan fingerprint density at radius 2 is 2.21 bits per heavy atom. The van der Waals surface area contributed by atoms with Crippen LogP contribution in [0.2, 0.25) is 0 Å². The van der Waals surface area contributed by atoms with Crippen LogP contribution >= 0.6 is 0 Å². The first-order valence-electron chi connectivity index (χ1n) is 7.04. The van der Waals surface area contributed by atoms with E-state index in [1.165, 1.54) is 20.0 Å². The van der Waals surface area contributed by atoms with Crippen molar-refractivity contribution in [3.63, 3.8) is 0 Å². The highest BCUT2D eigenvalue weighted by Gasteiger charge is 2.26. The lowest BCUT2D eigenvalue weighted by atomic mass is 10.2. The maximum atomic E-state index is 11.5. The topological polar surface area (TPSA) is 61.9 Å². The number of methoxy groups -OCH3 is 1. The standard InChI is InChI=1S/C13H23N3O3/c1-19-12(17)10-16(11-4-2-3-5-11)9-8-15-7-6-14-13(15)18/h11H,2-10H2,1H3,(H,14,18). The molecular weight excluding hydrogens is 246 g/mol. The summed E-state index contributed by atoms with van der Waals surface area (Å²) in [6, 6.07) is 0.467. The Morgan fingerprint density at radius 3 is 2.79 bits per heavy atom. The molecule has 1 aliphatic carbocycles. The summed E-state index contributed by atoms with van der Waals surface area (Å²) in [5.74, 6) is -0.197. The summed E-state index contributed by atoms with van der Waals surface area (Å²) in [6.07, 6.45) is 4.74. The molecule has 0 unspecified atom stereocenters. The quantitative estimate of drug-likeness (QED) is 0.710. The second kappa shape index (κ2) is 6.75. The molecule has 2 fully saturated rings. The molecule has 6 nitrogen and oxygen atoms in total. The van der Waals surface area contributed by atoms with Crippen molar-refractivity contribution in [2.75, 3.05) is 39.8 Å². The number of hydrogen-bond donors (Lipinski definition) is 1. The number of nitrogens with zero attached hydrogens (tertiary/aromatic N) is 2. The van der Waals surface area contributed by atoms with Crippen molar-refractivity contribution in [2.45, 2.75) is 31.7 Å². The Morgan fingerprint density at radius 1 is 1.47 bits per heavy atom. The molecule has 2 aliphatic rings. The van der Waals surface area contributed by atoms with Gasteiger partial charge >= 0.3 is 12.0 Å². The van der Waals surface area contributed by atoms with Crippen molar-refractivity contribution < 1.29 is 14.3 Å². The van der Waals surface area contributed by atoms with Crippen LogP contribution < -0.4 is 5.32 Å². The van der Waals surface area contributed by atoms with Crippen LogP contribution in [-0.2, 0) is 9.53 Å². The van der Waals surface area contributed by atoms with E-state index in [0.29, 0.717) is 19.1 Å². The Hall–Kier alpha value is -1.30. The maximum absolute atomic E-state index is 11.5. The minimum Gasteiger partial charge on any atom is -0.468 e. The van der Waals surface area contributed by atoms with Crippen LogP contribution in [0.5, 0.6) is 0 Å². The smallest absolute Gasteiger partial charge is 0.319 e. The van der Waals surface area contributed by atoms with Gasteiger partial charge < -0.3 is 15.0 Å². The molecule has 0 spiro atoms. The monoisotopic (exact) mass is 269 g/mol. The van der Waals surface area contributed by atoms with Crippen molar-refractivity contribution in [3.8, 4) is 0 Å². The summed E-state index contributed by atoms with van der Waals surface area (Å²) in [6.45, 7) is 3.23. The molecule has 0 aromatic carbocycles. The Labute approximate surface area is 114 Å². The number of urea groups is 1. The number of ether oxygens (including phenoxy) is 1. The van der Waals surface area contributed by atoms with Crippen LogP contribution in [0.3, 0.4) is 0 Å². The van der Waals surface area contributed by atoms with Crippen molar-refractivity contribution in [1.29, 1.82) is 0 Å². The molecule has 6 heteroatoms. The molecule has 0 aromatic heterocycles. The number of rotatable bonds is 6. The molecule has 1 saturated heterocycles. The van der Waals surface area contributed by atoms with Crippen LogP contribution in [-0.4, -0.2) is 67.7 Å². The predicted molar refractivity (Wildman–Crippen MR) is 70.8 cm³/mol. The van der Waals surface area contributed by atoms with E-state index in [1.807, 2.05) is 0 Å². The molecule has 0 radical (unpaired) electrons. The van der Waals surface area contributed by atoms with Gasteiger partial charge in [-0.2, -0.15) is 0 Å². The fraction of sp³-hybridized carbons (Fsp3) is 0.846. The highest BCUT2D eigenvalue weighted by molar-refractivity contribution is 5.76. The van der Waals surface area contributed by atoms with Gasteiger partial charge in [-0.1, -0.05) is 12.8 Å². The zero-order valence-corrected chi connectivity index (χ0v) is 11.6. The average molecular weight is 269 g/mol. The van der Waals surface area contributed by atoms with Gasteiger partial charge in [0, 0.05) is 32.2 Å². The molecule has 1 aliphatic heterocycles. The van der Waals surface area contributed by atoms with Crippen LogP contribution in [0, 0.1) is 0 Å². The normalized spacial score (nSPS) is 20.1. The number of nitrogens with one attached hydrogen (secondary N) is 1. The van der Waals surface area contributed by atoms with E-state index in [1.54, 1.807) is 4.90 Å². The SMILES string of the molecule is COC(=O)CN(CCN1CCNC1=O)C1CCCC1. The molecule has 2 rings (SSSR count). The Bertz CT molecular complexity index is 329. The van der Waals surface area contributed by atoms with E-state index in [-0.39, 0.29) is 12.0 Å². The molecule has 0 bridgehead atoms. The van der Waals surface area contributed by atoms with Gasteiger partial charge in [0.25, 0.3) is 0 Å². The van der Waals surface area contributed by atoms with E-state index in [2.05, 4.69) is 10.2 Å². The second-order valence-electron chi connectivity index (χ2n) is 5.20. The summed E-state index contributed by atoms with van der Waals surface area (Å²) >= 11 is 0. The third-order valence-electron chi connectivity index (χ3n) is 4.00. The molecule has 1 saturated carbocycles. The molecule has 1 N–H and O–H groups in total. The summed E-state index contributed by atoms with van der Waals surface area (Å²) in [5, 5.41) is 2.79. The lowest BCUT2D eigenvalue weighted by Crippen LogP contribution is -2.43. The number of carbonyl (C=O) groups excluding carboxylic acids is 2. The third-order valence-corrected chi connectivity index (χ3v) is 4.00. The van der Waals surface area contributed by atoms with Crippen LogP contribution in [0.1, 0.15) is 25.7 Å². The number of carbonyl (C=O) groups is 2. The van der Waals surface area contributed by atoms with Crippen LogP contribution in [0.4, 0.5) is 4.79 Å². The molecular formula is C13H23N3O3. The van der Waals surface area contributed by atoms with Gasteiger partial charge in [0.05, 0.1) is 13.7 Å². The lowest BCUT2D eigenvalue weighted by Gasteiger charge is -2.29. The van der Waals surface area contributed by atoms with Crippen LogP contribution in [0.15, 0.2) is 0 Å². The van der Waals surface area contributed by atoms with Gasteiger partial charge in [-0.3, -0.25) is 9.69 Å². The van der Waals surface area contributed by atoms with Gasteiger partial charge in [-0.25, -0.2) is 4.79 Å². The average Bonchev–Trinajstić information content (AvgIpc) is 3.06. The first kappa shape index (κ1) is 14.1. The molecule has 0 aromatic rings. The highest BCUT2D eigenvalue weighted by Crippen LogP contribution is 2.23. The first-order valence-corrected chi connectivity index (χ1v) is 7.04. The van der Waals surface area contributed by atoms with Gasteiger partial charge in [-0.15, -0.1) is 0 Å². The van der Waals surface area contributed by atoms with E-state index >= 15 is 0 Å². The minimum absolute atomic E-state index is 0.00411. The molecule has 0 atom stereocenters. The minimum atomic E-state index is -0.197. The van der Waals surface area contributed by atoms with Gasteiger partial charge in [0.15, 0.2) is 0 Å². The molecule has 1 heterocycles. The maximum Gasteiger partial charge on any atom is 0.319 e. The van der Waals surface area contributed by atoms with E-state index in [0.717, 1.165) is 32.5 Å². The molecule has 2 amide bonds. The van der Waals surface area contributed by atoms with Crippen molar-refractivity contribution in [3.05, 3.63) is 0 Å². The summed E-state index contributed by atoms with van der Waals surface area (Å²) in [5.41, 5.74) is 0. The lowest BCUT2D eigenvalue weighted by molar-refractivity contribution is -0.142. The van der Waals surface area contributed by atoms with E-state index in [4.69, 9.17) is 4.74 Å². The third kappa shape index (κ3) is 3.83. The predicted octanol–water partition coefficient (Wildman–Crippen LogP) is 0.429. The van der Waals surface area contributed by atoms with Gasteiger partial charge in [0.1, 0.15) is 0 Å². The summed E-state index contributed by atoms with van der Waals surface area (Å²) in [4.78, 5) is 26.9. The van der Waals surface area contributed by atoms with E-state index < -0.39 is 0 Å². The largest absolute Gasteiger partial charge is 0.468 e. The summed E-state index contributed by atoms with van der Waals surface area (Å²) in [7, 11) is 1.42. The van der Waals surface area contributed by atoms with Gasteiger partial charge in [0.2, 0.25) is 0 Å². The first-order chi connectivity index (χ1) is 9.20. The highest BCUT2D eigenvalue weighted by atomic mass is 16.5. The zero-order valence-electron chi connectivity index (χ0n) is 11.6. The Kier molecular flexibility index (Phi) is 5.01. The van der Waals surface area contributed by atoms with Crippen molar-refractivity contribution in [2.24, 2.45) is 0 Å². The summed E-state index contributed by atoms with van der Waals surface area (Å²) < 4.78 is 4.76. The second-order valence-corrected chi connectivity index (χ2v) is 5.20. The van der Waals surface area contributed by atoms with Crippen LogP contribution in [0.25, 0.3) is 0 Å². The van der Waals surface area contributed by atoms with Crippen molar-refractivity contribution >= 4 is 12.0 Å².